The van der Waals surface area contributed by atoms with Gasteiger partial charge in [0.15, 0.2) is 23.3 Å². The predicted octanol–water partition coefficient (Wildman–Crippen LogP) is 33.7. The highest BCUT2D eigenvalue weighted by molar-refractivity contribution is 6.29. The number of nitrogens with zero attached hydrogens (tertiary/aromatic N) is 10. The minimum atomic E-state index is 0.573. The molecular formula is C130H78N10. The molecule has 0 saturated heterocycles. The van der Waals surface area contributed by atoms with Crippen molar-refractivity contribution in [2.75, 3.05) is 0 Å². The van der Waals surface area contributed by atoms with E-state index in [0.717, 1.165) is 115 Å². The number of aromatic nitrogens is 10. The van der Waals surface area contributed by atoms with Crippen molar-refractivity contribution in [2.45, 2.75) is 0 Å². The summed E-state index contributed by atoms with van der Waals surface area (Å²) in [5.41, 5.74) is 19.5. The number of benzene rings is 24. The van der Waals surface area contributed by atoms with E-state index in [-0.39, 0.29) is 0 Å². The van der Waals surface area contributed by atoms with Crippen LogP contribution < -0.4 is 0 Å². The van der Waals surface area contributed by atoms with Gasteiger partial charge in [-0.1, -0.05) is 358 Å². The van der Waals surface area contributed by atoms with Crippen molar-refractivity contribution >= 4 is 195 Å². The van der Waals surface area contributed by atoms with Crippen molar-refractivity contribution in [2.24, 2.45) is 0 Å². The first kappa shape index (κ1) is 78.6. The molecule has 0 aliphatic heterocycles. The van der Waals surface area contributed by atoms with Gasteiger partial charge in [0.25, 0.3) is 0 Å². The van der Waals surface area contributed by atoms with E-state index in [2.05, 4.69) is 491 Å². The number of hydrogen-bond acceptors (Lipinski definition) is 6. The monoisotopic (exact) mass is 1780 g/mol. The van der Waals surface area contributed by atoms with Crippen LogP contribution in [0.15, 0.2) is 473 Å². The standard InChI is InChI=1S/2C65H39N5/c1-3-16-42-36-46(30-28-40(42)14-1)63-66-64(47-31-29-41-15-2-4-17-43(41)37-47)68-65(67-63)70-58-26-12-10-22-52(58)56-39-45(33-35-60(56)70)44-32-34-59-55(38-44)51-21-9-11-25-57(51)69(59)61-27-13-24-54-50-19-6-5-18-48(50)49-20-7-8-23-53(49)62(54)61;1-3-15-42-35-46(27-25-40(42)13-1)63-66-64(47-28-26-41-14-2-4-16-43(41)36-47)68-65(67-63)70-60-24-12-10-22-55(60)58-38-45(30-34-62(58)70)44-29-33-61-57(37-44)54-21-9-11-23-59(54)69(61)48-31-32-53-51-19-6-5-17-49(51)50-18-7-8-20-52(50)56(53)39-48/h2*1-39H. The molecule has 24 aromatic carbocycles. The molecule has 648 valence electrons. The first-order chi connectivity index (χ1) is 69.4. The summed E-state index contributed by atoms with van der Waals surface area (Å²) in [4.78, 5) is 31.6. The van der Waals surface area contributed by atoms with Gasteiger partial charge in [-0.3, -0.25) is 9.13 Å². The Morgan fingerprint density at radius 3 is 0.721 bits per heavy atom. The van der Waals surface area contributed by atoms with Crippen LogP contribution in [0.5, 0.6) is 0 Å². The van der Waals surface area contributed by atoms with Crippen molar-refractivity contribution in [3.63, 3.8) is 0 Å². The zero-order valence-electron chi connectivity index (χ0n) is 75.5. The lowest BCUT2D eigenvalue weighted by molar-refractivity contribution is 0.953. The molecular weight excluding hydrogens is 1700 g/mol. The summed E-state index contributed by atoms with van der Waals surface area (Å²) < 4.78 is 9.32. The molecule has 0 saturated carbocycles. The van der Waals surface area contributed by atoms with Crippen molar-refractivity contribution in [3.8, 4) is 91.1 Å². The Kier molecular flexibility index (Phi) is 17.6. The minimum Gasteiger partial charge on any atom is -0.309 e. The van der Waals surface area contributed by atoms with E-state index < -0.39 is 0 Å². The molecule has 30 rings (SSSR count). The van der Waals surface area contributed by atoms with Gasteiger partial charge in [0, 0.05) is 76.4 Å². The Balaban J connectivity index is 0.000000134. The fourth-order valence-corrected chi connectivity index (χ4v) is 22.5. The quantitative estimate of drug-likeness (QED) is 0.127. The lowest BCUT2D eigenvalue weighted by Crippen LogP contribution is -2.06. The van der Waals surface area contributed by atoms with E-state index in [1.165, 1.54) is 135 Å². The van der Waals surface area contributed by atoms with Crippen LogP contribution in [0.4, 0.5) is 0 Å². The maximum Gasteiger partial charge on any atom is 0.238 e. The Labute approximate surface area is 801 Å². The highest BCUT2D eigenvalue weighted by Crippen LogP contribution is 2.47. The van der Waals surface area contributed by atoms with Crippen LogP contribution in [-0.2, 0) is 0 Å². The molecule has 140 heavy (non-hydrogen) atoms. The molecule has 0 aliphatic carbocycles. The van der Waals surface area contributed by atoms with Crippen LogP contribution in [0.3, 0.4) is 0 Å². The second kappa shape index (κ2) is 31.4. The summed E-state index contributed by atoms with van der Waals surface area (Å²) in [5, 5.41) is 33.9. The normalized spacial score (nSPS) is 12.0. The van der Waals surface area contributed by atoms with Gasteiger partial charge in [-0.15, -0.1) is 0 Å². The van der Waals surface area contributed by atoms with Crippen LogP contribution in [0.2, 0.25) is 0 Å². The second-order valence-electron chi connectivity index (χ2n) is 36.8. The topological polar surface area (TPSA) is 97.1 Å². The molecule has 0 unspecified atom stereocenters. The van der Waals surface area contributed by atoms with E-state index in [0.29, 0.717) is 35.2 Å². The number of rotatable bonds is 10. The van der Waals surface area contributed by atoms with Gasteiger partial charge in [0.2, 0.25) is 11.9 Å². The summed E-state index contributed by atoms with van der Waals surface area (Å²) in [5.74, 6) is 3.64. The van der Waals surface area contributed by atoms with Crippen LogP contribution in [0, 0.1) is 0 Å². The molecule has 0 aliphatic rings. The summed E-state index contributed by atoms with van der Waals surface area (Å²) in [6, 6.07) is 171. The number of para-hydroxylation sites is 4. The zero-order valence-corrected chi connectivity index (χ0v) is 75.5. The Bertz CT molecular complexity index is 10200. The molecule has 0 amide bonds. The van der Waals surface area contributed by atoms with Gasteiger partial charge in [-0.2, -0.15) is 19.9 Å². The van der Waals surface area contributed by atoms with Crippen molar-refractivity contribution in [1.82, 2.24) is 48.2 Å². The maximum absolute atomic E-state index is 5.30. The average Bonchev–Trinajstić information content (AvgIpc) is 1.21. The highest BCUT2D eigenvalue weighted by Gasteiger charge is 2.26. The molecule has 10 heteroatoms. The van der Waals surface area contributed by atoms with Crippen molar-refractivity contribution in [1.29, 1.82) is 0 Å². The van der Waals surface area contributed by atoms with Crippen LogP contribution in [0.1, 0.15) is 0 Å². The van der Waals surface area contributed by atoms with Gasteiger partial charge in [0.05, 0.1) is 49.8 Å². The highest BCUT2D eigenvalue weighted by atomic mass is 15.2. The first-order valence-corrected chi connectivity index (χ1v) is 47.7. The molecule has 6 aromatic heterocycles. The molecule has 0 atom stereocenters. The summed E-state index contributed by atoms with van der Waals surface area (Å²) >= 11 is 0. The van der Waals surface area contributed by atoms with E-state index in [9.17, 15) is 0 Å². The number of hydrogen-bond donors (Lipinski definition) is 0. The van der Waals surface area contributed by atoms with E-state index in [1.54, 1.807) is 0 Å². The summed E-state index contributed by atoms with van der Waals surface area (Å²) in [6.45, 7) is 0. The van der Waals surface area contributed by atoms with Gasteiger partial charge in [-0.25, -0.2) is 9.97 Å². The molecule has 6 heterocycles. The smallest absolute Gasteiger partial charge is 0.238 e. The fourth-order valence-electron chi connectivity index (χ4n) is 22.5. The van der Waals surface area contributed by atoms with Gasteiger partial charge >= 0.3 is 0 Å². The average molecular weight is 1780 g/mol. The predicted molar refractivity (Wildman–Crippen MR) is 585 cm³/mol. The van der Waals surface area contributed by atoms with Crippen LogP contribution >= 0.6 is 0 Å². The fraction of sp³-hybridized carbons (Fsp3) is 0. The summed E-state index contributed by atoms with van der Waals surface area (Å²) in [7, 11) is 0. The second-order valence-corrected chi connectivity index (χ2v) is 36.8. The Morgan fingerprint density at radius 1 is 0.129 bits per heavy atom. The molecule has 0 spiro atoms. The van der Waals surface area contributed by atoms with Gasteiger partial charge in [-0.05, 0) is 240 Å². The Hall–Kier alpha value is -18.9. The Morgan fingerprint density at radius 2 is 0.371 bits per heavy atom. The first-order valence-electron chi connectivity index (χ1n) is 47.7. The number of fused-ring (bicyclic) bond motifs is 28. The molecule has 0 fully saturated rings. The lowest BCUT2D eigenvalue weighted by Gasteiger charge is -2.16. The lowest BCUT2D eigenvalue weighted by atomic mass is 9.93. The molecule has 30 aromatic rings. The third-order valence-corrected chi connectivity index (χ3v) is 29.0. The molecule has 0 N–H and O–H groups in total. The van der Waals surface area contributed by atoms with E-state index >= 15 is 0 Å². The van der Waals surface area contributed by atoms with Gasteiger partial charge < -0.3 is 9.13 Å². The van der Waals surface area contributed by atoms with Crippen molar-refractivity contribution in [3.05, 3.63) is 473 Å². The van der Waals surface area contributed by atoms with Crippen molar-refractivity contribution < 1.29 is 0 Å². The van der Waals surface area contributed by atoms with E-state index in [1.807, 2.05) is 0 Å². The van der Waals surface area contributed by atoms with Crippen LogP contribution in [0.25, 0.3) is 286 Å². The third-order valence-electron chi connectivity index (χ3n) is 29.0. The van der Waals surface area contributed by atoms with E-state index in [4.69, 9.17) is 29.9 Å². The zero-order chi connectivity index (χ0) is 91.7. The largest absolute Gasteiger partial charge is 0.309 e. The maximum atomic E-state index is 5.30. The van der Waals surface area contributed by atoms with Crippen LogP contribution in [-0.4, -0.2) is 48.2 Å². The molecule has 0 radical (unpaired) electrons. The summed E-state index contributed by atoms with van der Waals surface area (Å²) in [6.07, 6.45) is 0. The minimum absolute atomic E-state index is 0.573. The van der Waals surface area contributed by atoms with Gasteiger partial charge in [0.1, 0.15) is 0 Å². The molecule has 10 nitrogen and oxygen atoms in total. The molecule has 0 bridgehead atoms. The SMILES string of the molecule is c1ccc2cc(-c3nc(-c4ccc5ccccc5c4)nc(-n4c5ccccc5c5cc(-c6ccc7c(c6)c6ccccc6n7-c6ccc7c8ccccc8c8ccccc8c7c6)ccc54)n3)ccc2c1.c1ccc2cc(-c3nc(-c4ccc5ccccc5c4)nc(-n4c5ccccc5c5cc(-c6ccc7c(c6)c6ccccc6n7-c6cccc7c8ccccc8c8ccccc8c67)ccc54)n3)ccc2c1. The third kappa shape index (κ3) is 12.5.